The molecule has 0 fully saturated rings. The number of thiazole rings is 1. The highest BCUT2D eigenvalue weighted by molar-refractivity contribution is 7.14. The molecule has 3 rings (SSSR count). The van der Waals surface area contributed by atoms with Crippen LogP contribution in [-0.2, 0) is 0 Å². The van der Waals surface area contributed by atoms with Crippen LogP contribution in [0.15, 0.2) is 34.1 Å². The molecular weight excluding hydrogens is 340 g/mol. The molecule has 0 aliphatic carbocycles. The molecule has 0 unspecified atom stereocenters. The molecule has 130 valence electrons. The fraction of sp³-hybridized carbons (Fsp3) is 0.222. The van der Waals surface area contributed by atoms with Gasteiger partial charge >= 0.3 is 0 Å². The number of rotatable bonds is 5. The average molecular weight is 358 g/mol. The van der Waals surface area contributed by atoms with Crippen LogP contribution in [0.1, 0.15) is 21.9 Å². The largest absolute Gasteiger partial charge is 0.497 e. The van der Waals surface area contributed by atoms with E-state index in [0.717, 1.165) is 5.56 Å². The standard InChI is InChI=1S/C18H18N2O4S/c1-10-7-13(11(2)24-10)17(21)20-18-19-15(9-25-18)14-8-12(22-3)5-6-16(14)23-4/h5-9H,1-4H3,(H,19,20,21). The molecule has 7 heteroatoms. The van der Waals surface area contributed by atoms with Crippen LogP contribution in [0.2, 0.25) is 0 Å². The smallest absolute Gasteiger partial charge is 0.260 e. The molecule has 1 amide bonds. The maximum atomic E-state index is 12.4. The van der Waals surface area contributed by atoms with Crippen LogP contribution in [0.3, 0.4) is 0 Å². The van der Waals surface area contributed by atoms with Crippen molar-refractivity contribution >= 4 is 22.4 Å². The number of nitrogens with zero attached hydrogens (tertiary/aromatic N) is 1. The summed E-state index contributed by atoms with van der Waals surface area (Å²) in [4.78, 5) is 16.9. The molecule has 0 aliphatic rings. The summed E-state index contributed by atoms with van der Waals surface area (Å²) in [7, 11) is 3.21. The third-order valence-electron chi connectivity index (χ3n) is 3.69. The third-order valence-corrected chi connectivity index (χ3v) is 4.45. The number of ether oxygens (including phenoxy) is 2. The Morgan fingerprint density at radius 3 is 2.64 bits per heavy atom. The second-order valence-electron chi connectivity index (χ2n) is 5.39. The summed E-state index contributed by atoms with van der Waals surface area (Å²) in [5.74, 6) is 2.43. The maximum absolute atomic E-state index is 12.4. The van der Waals surface area contributed by atoms with Crippen LogP contribution in [-0.4, -0.2) is 25.1 Å². The van der Waals surface area contributed by atoms with Crippen molar-refractivity contribution < 1.29 is 18.7 Å². The summed E-state index contributed by atoms with van der Waals surface area (Å²) < 4.78 is 16.0. The van der Waals surface area contributed by atoms with Crippen molar-refractivity contribution in [1.82, 2.24) is 4.98 Å². The lowest BCUT2D eigenvalue weighted by Gasteiger charge is -2.08. The highest BCUT2D eigenvalue weighted by atomic mass is 32.1. The van der Waals surface area contributed by atoms with Crippen LogP contribution in [0.25, 0.3) is 11.3 Å². The van der Waals surface area contributed by atoms with Gasteiger partial charge in [-0.05, 0) is 38.1 Å². The van der Waals surface area contributed by atoms with Crippen molar-refractivity contribution in [2.24, 2.45) is 0 Å². The molecule has 0 spiro atoms. The summed E-state index contributed by atoms with van der Waals surface area (Å²) in [6.07, 6.45) is 0. The Labute approximate surface area is 149 Å². The zero-order chi connectivity index (χ0) is 18.0. The monoisotopic (exact) mass is 358 g/mol. The number of benzene rings is 1. The van der Waals surface area contributed by atoms with Gasteiger partial charge in [-0.1, -0.05) is 0 Å². The fourth-order valence-electron chi connectivity index (χ4n) is 2.49. The van der Waals surface area contributed by atoms with Crippen LogP contribution in [0.5, 0.6) is 11.5 Å². The number of hydrogen-bond donors (Lipinski definition) is 1. The van der Waals surface area contributed by atoms with E-state index < -0.39 is 0 Å². The first kappa shape index (κ1) is 17.0. The van der Waals surface area contributed by atoms with E-state index in [1.807, 2.05) is 23.6 Å². The number of carbonyl (C=O) groups excluding carboxylic acids is 1. The summed E-state index contributed by atoms with van der Waals surface area (Å²) in [5, 5.41) is 5.17. The Bertz CT molecular complexity index is 914. The molecule has 25 heavy (non-hydrogen) atoms. The van der Waals surface area contributed by atoms with Gasteiger partial charge in [-0.3, -0.25) is 10.1 Å². The van der Waals surface area contributed by atoms with Crippen molar-refractivity contribution in [3.8, 4) is 22.8 Å². The molecule has 1 aromatic carbocycles. The van der Waals surface area contributed by atoms with Gasteiger partial charge in [-0.25, -0.2) is 4.98 Å². The molecular formula is C18H18N2O4S. The molecule has 0 radical (unpaired) electrons. The molecule has 0 bridgehead atoms. The lowest BCUT2D eigenvalue weighted by Crippen LogP contribution is -2.11. The topological polar surface area (TPSA) is 73.6 Å². The predicted octanol–water partition coefficient (Wildman–Crippen LogP) is 4.29. The molecule has 6 nitrogen and oxygen atoms in total. The molecule has 0 atom stereocenters. The Hall–Kier alpha value is -2.80. The minimum atomic E-state index is -0.243. The first-order valence-electron chi connectivity index (χ1n) is 7.58. The Morgan fingerprint density at radius 1 is 1.20 bits per heavy atom. The van der Waals surface area contributed by atoms with E-state index in [0.29, 0.717) is 39.4 Å². The number of aryl methyl sites for hydroxylation is 2. The van der Waals surface area contributed by atoms with E-state index in [1.165, 1.54) is 11.3 Å². The fourth-order valence-corrected chi connectivity index (χ4v) is 3.20. The average Bonchev–Trinajstić information content (AvgIpc) is 3.20. The molecule has 2 heterocycles. The van der Waals surface area contributed by atoms with Crippen molar-refractivity contribution in [1.29, 1.82) is 0 Å². The molecule has 1 N–H and O–H groups in total. The normalized spacial score (nSPS) is 10.6. The Kier molecular flexibility index (Phi) is 4.76. The van der Waals surface area contributed by atoms with Crippen LogP contribution in [0, 0.1) is 13.8 Å². The van der Waals surface area contributed by atoms with E-state index in [9.17, 15) is 4.79 Å². The van der Waals surface area contributed by atoms with Crippen molar-refractivity contribution in [2.45, 2.75) is 13.8 Å². The first-order chi connectivity index (χ1) is 12.0. The lowest BCUT2D eigenvalue weighted by atomic mass is 10.1. The number of amides is 1. The summed E-state index contributed by atoms with van der Waals surface area (Å²) in [5.41, 5.74) is 2.01. The van der Waals surface area contributed by atoms with E-state index in [2.05, 4.69) is 10.3 Å². The van der Waals surface area contributed by atoms with Crippen molar-refractivity contribution in [3.63, 3.8) is 0 Å². The molecule has 0 saturated heterocycles. The van der Waals surface area contributed by atoms with Crippen LogP contribution < -0.4 is 14.8 Å². The van der Waals surface area contributed by atoms with Gasteiger partial charge in [-0.15, -0.1) is 11.3 Å². The van der Waals surface area contributed by atoms with Gasteiger partial charge in [0.05, 0.1) is 25.5 Å². The van der Waals surface area contributed by atoms with Crippen molar-refractivity contribution in [3.05, 3.63) is 46.7 Å². The zero-order valence-electron chi connectivity index (χ0n) is 14.4. The van der Waals surface area contributed by atoms with Gasteiger partial charge in [0.15, 0.2) is 5.13 Å². The second-order valence-corrected chi connectivity index (χ2v) is 6.24. The van der Waals surface area contributed by atoms with E-state index in [1.54, 1.807) is 34.1 Å². The highest BCUT2D eigenvalue weighted by Gasteiger charge is 2.16. The number of anilines is 1. The van der Waals surface area contributed by atoms with Gasteiger partial charge in [-0.2, -0.15) is 0 Å². The van der Waals surface area contributed by atoms with Gasteiger partial charge in [0.2, 0.25) is 0 Å². The van der Waals surface area contributed by atoms with Crippen LogP contribution in [0.4, 0.5) is 5.13 Å². The number of hydrogen-bond acceptors (Lipinski definition) is 6. The Balaban J connectivity index is 1.86. The van der Waals surface area contributed by atoms with E-state index in [4.69, 9.17) is 13.9 Å². The van der Waals surface area contributed by atoms with E-state index >= 15 is 0 Å². The summed E-state index contributed by atoms with van der Waals surface area (Å²) in [6, 6.07) is 7.21. The molecule has 0 aliphatic heterocycles. The Morgan fingerprint density at radius 2 is 2.00 bits per heavy atom. The van der Waals surface area contributed by atoms with E-state index in [-0.39, 0.29) is 5.91 Å². The minimum Gasteiger partial charge on any atom is -0.497 e. The van der Waals surface area contributed by atoms with Gasteiger partial charge in [0.25, 0.3) is 5.91 Å². The number of nitrogens with one attached hydrogen (secondary N) is 1. The van der Waals surface area contributed by atoms with Gasteiger partial charge < -0.3 is 13.9 Å². The first-order valence-corrected chi connectivity index (χ1v) is 8.46. The molecule has 2 aromatic heterocycles. The quantitative estimate of drug-likeness (QED) is 0.736. The highest BCUT2D eigenvalue weighted by Crippen LogP contribution is 2.35. The predicted molar refractivity (Wildman–Crippen MR) is 96.8 cm³/mol. The lowest BCUT2D eigenvalue weighted by molar-refractivity contribution is 0.102. The number of aromatic nitrogens is 1. The second kappa shape index (κ2) is 6.98. The molecule has 0 saturated carbocycles. The van der Waals surface area contributed by atoms with Gasteiger partial charge in [0, 0.05) is 10.9 Å². The third kappa shape index (κ3) is 3.51. The summed E-state index contributed by atoms with van der Waals surface area (Å²) in [6.45, 7) is 3.57. The maximum Gasteiger partial charge on any atom is 0.260 e. The number of methoxy groups -OCH3 is 2. The number of furan rings is 1. The molecule has 3 aromatic rings. The summed E-state index contributed by atoms with van der Waals surface area (Å²) >= 11 is 1.34. The minimum absolute atomic E-state index is 0.243. The van der Waals surface area contributed by atoms with Crippen molar-refractivity contribution in [2.75, 3.05) is 19.5 Å². The van der Waals surface area contributed by atoms with Gasteiger partial charge in [0.1, 0.15) is 23.0 Å². The van der Waals surface area contributed by atoms with Crippen LogP contribution >= 0.6 is 11.3 Å². The number of carbonyl (C=O) groups is 1. The SMILES string of the molecule is COc1ccc(OC)c(-c2csc(NC(=O)c3cc(C)oc3C)n2)c1. The zero-order valence-corrected chi connectivity index (χ0v) is 15.2.